The Hall–Kier alpha value is -1.42. The number of fused-ring (bicyclic) bond motifs is 1. The number of benzene rings is 1. The van der Waals surface area contributed by atoms with E-state index in [0.29, 0.717) is 0 Å². The largest absolute Gasteiger partial charge is 0.315 e. The minimum atomic E-state index is 0.878. The maximum Gasteiger partial charge on any atom is 0.0500 e. The Balaban J connectivity index is 2.52. The average Bonchev–Trinajstić information content (AvgIpc) is 2.05. The molecule has 1 aliphatic rings. The summed E-state index contributed by atoms with van der Waals surface area (Å²) in [5.41, 5.74) is 2.45. The highest BCUT2D eigenvalue weighted by Gasteiger charge is 1.99. The van der Waals surface area contributed by atoms with Crippen LogP contribution in [0.25, 0.3) is 0 Å². The van der Waals surface area contributed by atoms with Crippen molar-refractivity contribution in [1.82, 2.24) is 0 Å². The summed E-state index contributed by atoms with van der Waals surface area (Å²) < 4.78 is 0. The fourth-order valence-electron chi connectivity index (χ4n) is 1.05. The van der Waals surface area contributed by atoms with Crippen molar-refractivity contribution in [2.75, 3.05) is 5.32 Å². The lowest BCUT2D eigenvalue weighted by atomic mass is 10.1. The van der Waals surface area contributed by atoms with Crippen LogP contribution in [0.4, 0.5) is 5.69 Å². The Kier molecular flexibility index (Phi) is 1.11. The normalized spacial score (nSPS) is 12.4. The molecule has 0 unspecified atom stereocenters. The zero-order valence-electron chi connectivity index (χ0n) is 5.52. The number of anilines is 1. The van der Waals surface area contributed by atoms with Gasteiger partial charge in [0, 0.05) is 12.5 Å². The Morgan fingerprint density at radius 2 is 2.20 bits per heavy atom. The monoisotopic (exact) mass is 129 g/mol. The van der Waals surface area contributed by atoms with Gasteiger partial charge in [-0.1, -0.05) is 24.1 Å². The smallest absolute Gasteiger partial charge is 0.0500 e. The molecule has 0 saturated carbocycles. The molecule has 1 heterocycles. The molecule has 1 nitrogen and oxygen atoms in total. The van der Waals surface area contributed by atoms with Gasteiger partial charge in [0.2, 0.25) is 0 Å². The molecule has 0 aromatic heterocycles. The highest BCUT2D eigenvalue weighted by molar-refractivity contribution is 5.58. The van der Waals surface area contributed by atoms with E-state index in [-0.39, 0.29) is 0 Å². The Morgan fingerprint density at radius 1 is 1.30 bits per heavy atom. The van der Waals surface area contributed by atoms with E-state index in [4.69, 9.17) is 0 Å². The molecule has 1 N–H and O–H groups in total. The molecule has 10 heavy (non-hydrogen) atoms. The summed E-state index contributed by atoms with van der Waals surface area (Å²) in [5.74, 6) is 2.98. The first-order valence-electron chi connectivity index (χ1n) is 3.28. The Morgan fingerprint density at radius 3 is 3.10 bits per heavy atom. The summed E-state index contributed by atoms with van der Waals surface area (Å²) in [5, 5.41) is 3.00. The minimum absolute atomic E-state index is 0.878. The van der Waals surface area contributed by atoms with Crippen LogP contribution in [0, 0.1) is 12.0 Å². The van der Waals surface area contributed by atoms with Crippen LogP contribution >= 0.6 is 0 Å². The SMILES string of the molecule is C1#CNc2ccccc2C1. The standard InChI is InChI=1S/C9H7N/c1-2-6-9-8(4-1)5-3-7-10-9/h1-2,4,6,10H,5H2. The van der Waals surface area contributed by atoms with Crippen molar-refractivity contribution >= 4 is 5.69 Å². The Labute approximate surface area is 60.1 Å². The summed E-state index contributed by atoms with van der Waals surface area (Å²) in [6, 6.07) is 11.0. The van der Waals surface area contributed by atoms with Gasteiger partial charge >= 0.3 is 0 Å². The van der Waals surface area contributed by atoms with E-state index in [1.807, 2.05) is 18.2 Å². The second kappa shape index (κ2) is 2.07. The van der Waals surface area contributed by atoms with E-state index >= 15 is 0 Å². The van der Waals surface area contributed by atoms with E-state index in [1.54, 1.807) is 0 Å². The lowest BCUT2D eigenvalue weighted by molar-refractivity contribution is 1.29. The van der Waals surface area contributed by atoms with E-state index in [2.05, 4.69) is 23.3 Å². The van der Waals surface area contributed by atoms with Crippen LogP contribution in [0.3, 0.4) is 0 Å². The van der Waals surface area contributed by atoms with Crippen LogP contribution in [0.15, 0.2) is 24.3 Å². The van der Waals surface area contributed by atoms with Crippen molar-refractivity contribution < 1.29 is 0 Å². The first-order valence-corrected chi connectivity index (χ1v) is 3.28. The lowest BCUT2D eigenvalue weighted by Gasteiger charge is -2.07. The molecule has 0 atom stereocenters. The second-order valence-electron chi connectivity index (χ2n) is 2.26. The molecule has 0 aliphatic carbocycles. The summed E-state index contributed by atoms with van der Waals surface area (Å²) in [6.07, 6.45) is 0.878. The van der Waals surface area contributed by atoms with Crippen molar-refractivity contribution in [2.24, 2.45) is 0 Å². The second-order valence-corrected chi connectivity index (χ2v) is 2.26. The van der Waals surface area contributed by atoms with Gasteiger partial charge in [-0.25, -0.2) is 0 Å². The van der Waals surface area contributed by atoms with Crippen LogP contribution < -0.4 is 5.32 Å². The maximum atomic E-state index is 3.00. The van der Waals surface area contributed by atoms with Crippen LogP contribution in [0.1, 0.15) is 5.56 Å². The number of para-hydroxylation sites is 1. The third kappa shape index (κ3) is 0.745. The number of rotatable bonds is 0. The van der Waals surface area contributed by atoms with E-state index in [0.717, 1.165) is 12.1 Å². The molecule has 1 aromatic carbocycles. The van der Waals surface area contributed by atoms with Crippen molar-refractivity contribution in [3.05, 3.63) is 29.8 Å². The van der Waals surface area contributed by atoms with Crippen LogP contribution in [0.5, 0.6) is 0 Å². The summed E-state index contributed by atoms with van der Waals surface area (Å²) >= 11 is 0. The zero-order chi connectivity index (χ0) is 6.81. The molecule has 0 bridgehead atoms. The van der Waals surface area contributed by atoms with Gasteiger partial charge in [0.05, 0.1) is 5.69 Å². The quantitative estimate of drug-likeness (QED) is 0.525. The van der Waals surface area contributed by atoms with E-state index < -0.39 is 0 Å². The lowest BCUT2D eigenvalue weighted by Crippen LogP contribution is -1.98. The summed E-state index contributed by atoms with van der Waals surface area (Å²) in [4.78, 5) is 0. The fraction of sp³-hybridized carbons (Fsp3) is 0.111. The van der Waals surface area contributed by atoms with Crippen LogP contribution in [-0.4, -0.2) is 0 Å². The predicted molar refractivity (Wildman–Crippen MR) is 41.5 cm³/mol. The van der Waals surface area contributed by atoms with Crippen molar-refractivity contribution in [1.29, 1.82) is 0 Å². The molecule has 0 spiro atoms. The van der Waals surface area contributed by atoms with Gasteiger partial charge in [0.25, 0.3) is 0 Å². The highest BCUT2D eigenvalue weighted by Crippen LogP contribution is 2.16. The molecule has 0 saturated heterocycles. The van der Waals surface area contributed by atoms with Gasteiger partial charge < -0.3 is 5.32 Å². The molecule has 0 fully saturated rings. The van der Waals surface area contributed by atoms with Gasteiger partial charge in [-0.05, 0) is 11.6 Å². The number of nitrogens with one attached hydrogen (secondary N) is 1. The molecule has 1 aliphatic heterocycles. The topological polar surface area (TPSA) is 12.0 Å². The molecule has 0 radical (unpaired) electrons. The highest BCUT2D eigenvalue weighted by atomic mass is 14.8. The Bertz CT molecular complexity index is 275. The first kappa shape index (κ1) is 5.37. The number of hydrogen-bond acceptors (Lipinski definition) is 1. The van der Waals surface area contributed by atoms with Gasteiger partial charge in [0.15, 0.2) is 0 Å². The minimum Gasteiger partial charge on any atom is -0.315 e. The van der Waals surface area contributed by atoms with Crippen molar-refractivity contribution in [3.63, 3.8) is 0 Å². The van der Waals surface area contributed by atoms with Crippen molar-refractivity contribution in [3.8, 4) is 12.0 Å². The first-order chi connectivity index (χ1) is 4.97. The van der Waals surface area contributed by atoms with Crippen molar-refractivity contribution in [2.45, 2.75) is 6.42 Å². The van der Waals surface area contributed by atoms with Gasteiger partial charge in [-0.2, -0.15) is 0 Å². The van der Waals surface area contributed by atoms with Crippen LogP contribution in [-0.2, 0) is 6.42 Å². The molecule has 1 heteroatoms. The molecular formula is C9H7N. The van der Waals surface area contributed by atoms with E-state index in [1.165, 1.54) is 5.56 Å². The summed E-state index contributed by atoms with van der Waals surface area (Å²) in [6.45, 7) is 0. The van der Waals surface area contributed by atoms with Gasteiger partial charge in [-0.3, -0.25) is 0 Å². The third-order valence-corrected chi connectivity index (χ3v) is 1.58. The molecular weight excluding hydrogens is 122 g/mol. The average molecular weight is 129 g/mol. The number of hydrogen-bond donors (Lipinski definition) is 1. The fourth-order valence-corrected chi connectivity index (χ4v) is 1.05. The third-order valence-electron chi connectivity index (χ3n) is 1.58. The molecule has 0 amide bonds. The van der Waals surface area contributed by atoms with E-state index in [9.17, 15) is 0 Å². The van der Waals surface area contributed by atoms with Gasteiger partial charge in [-0.15, -0.1) is 0 Å². The zero-order valence-corrected chi connectivity index (χ0v) is 5.52. The van der Waals surface area contributed by atoms with Crippen LogP contribution in [0.2, 0.25) is 0 Å². The van der Waals surface area contributed by atoms with Gasteiger partial charge in [0.1, 0.15) is 0 Å². The molecule has 2 rings (SSSR count). The molecule has 1 aromatic rings. The molecule has 48 valence electrons. The predicted octanol–water partition coefficient (Wildman–Crippen LogP) is 1.62. The maximum absolute atomic E-state index is 3.00. The summed E-state index contributed by atoms with van der Waals surface area (Å²) in [7, 11) is 0.